The number of carbonyl (C=O) groups is 1. The van der Waals surface area contributed by atoms with Gasteiger partial charge in [0.25, 0.3) is 0 Å². The molecular formula is C16H25N3O. The second kappa shape index (κ2) is 7.29. The van der Waals surface area contributed by atoms with Gasteiger partial charge in [-0.15, -0.1) is 0 Å². The molecule has 1 unspecified atom stereocenters. The average molecular weight is 275 g/mol. The molecule has 1 fully saturated rings. The van der Waals surface area contributed by atoms with Crippen LogP contribution in [0.2, 0.25) is 0 Å². The maximum Gasteiger partial charge on any atom is 0.237 e. The van der Waals surface area contributed by atoms with Gasteiger partial charge in [-0.05, 0) is 44.4 Å². The molecule has 1 heterocycles. The molecule has 1 saturated heterocycles. The summed E-state index contributed by atoms with van der Waals surface area (Å²) in [6, 6.07) is 8.56. The Bertz CT molecular complexity index is 426. The van der Waals surface area contributed by atoms with Crippen LogP contribution >= 0.6 is 0 Å². The van der Waals surface area contributed by atoms with Crippen LogP contribution in [0.25, 0.3) is 0 Å². The Hall–Kier alpha value is -1.55. The lowest BCUT2D eigenvalue weighted by molar-refractivity contribution is -0.124. The zero-order valence-electron chi connectivity index (χ0n) is 12.5. The number of nitrogens with one attached hydrogen (secondary N) is 2. The molecule has 110 valence electrons. The summed E-state index contributed by atoms with van der Waals surface area (Å²) in [7, 11) is 0. The fraction of sp³-hybridized carbons (Fsp3) is 0.562. The van der Waals surface area contributed by atoms with E-state index in [1.165, 1.54) is 11.3 Å². The molecule has 0 bridgehead atoms. The Morgan fingerprint density at radius 1 is 1.25 bits per heavy atom. The molecule has 0 aromatic heterocycles. The van der Waals surface area contributed by atoms with Gasteiger partial charge in [-0.2, -0.15) is 0 Å². The zero-order valence-corrected chi connectivity index (χ0v) is 12.5. The first-order valence-corrected chi connectivity index (χ1v) is 7.59. The predicted molar refractivity (Wildman–Crippen MR) is 82.9 cm³/mol. The van der Waals surface area contributed by atoms with Crippen molar-refractivity contribution < 1.29 is 4.79 Å². The van der Waals surface area contributed by atoms with Gasteiger partial charge in [-0.25, -0.2) is 0 Å². The number of nitrogens with zero attached hydrogens (tertiary/aromatic N) is 1. The van der Waals surface area contributed by atoms with E-state index in [9.17, 15) is 4.79 Å². The van der Waals surface area contributed by atoms with Crippen LogP contribution in [0.3, 0.4) is 0 Å². The van der Waals surface area contributed by atoms with Crippen molar-refractivity contribution in [2.45, 2.75) is 39.3 Å². The fourth-order valence-corrected chi connectivity index (χ4v) is 2.62. The predicted octanol–water partition coefficient (Wildman–Crippen LogP) is 1.90. The molecule has 4 nitrogen and oxygen atoms in total. The Kier molecular flexibility index (Phi) is 5.41. The molecule has 1 aromatic carbocycles. The number of amides is 1. The van der Waals surface area contributed by atoms with Crippen molar-refractivity contribution in [3.63, 3.8) is 0 Å². The summed E-state index contributed by atoms with van der Waals surface area (Å²) in [6.45, 7) is 7.94. The molecule has 0 aliphatic carbocycles. The van der Waals surface area contributed by atoms with Crippen LogP contribution in [-0.4, -0.2) is 31.6 Å². The standard InChI is InChI=1S/C16H25N3O/c1-3-19(4-2)14-9-7-13(8-10-14)12-18-15-6-5-11-17-16(15)20/h7-10,15,18H,3-6,11-12H2,1-2H3,(H,17,20). The van der Waals surface area contributed by atoms with Gasteiger partial charge < -0.3 is 15.5 Å². The number of carbonyl (C=O) groups excluding carboxylic acids is 1. The largest absolute Gasteiger partial charge is 0.372 e. The highest BCUT2D eigenvalue weighted by Gasteiger charge is 2.20. The van der Waals surface area contributed by atoms with Gasteiger partial charge in [0, 0.05) is 31.9 Å². The summed E-state index contributed by atoms with van der Waals surface area (Å²) < 4.78 is 0. The third-order valence-corrected chi connectivity index (χ3v) is 3.90. The molecule has 1 aliphatic heterocycles. The van der Waals surface area contributed by atoms with Gasteiger partial charge in [0.2, 0.25) is 5.91 Å². The van der Waals surface area contributed by atoms with E-state index >= 15 is 0 Å². The second-order valence-corrected chi connectivity index (χ2v) is 5.21. The van der Waals surface area contributed by atoms with Gasteiger partial charge in [0.1, 0.15) is 0 Å². The van der Waals surface area contributed by atoms with Crippen LogP contribution in [0.4, 0.5) is 5.69 Å². The molecule has 20 heavy (non-hydrogen) atoms. The van der Waals surface area contributed by atoms with Crippen molar-refractivity contribution in [1.82, 2.24) is 10.6 Å². The lowest BCUT2D eigenvalue weighted by Gasteiger charge is -2.23. The molecule has 2 N–H and O–H groups in total. The summed E-state index contributed by atoms with van der Waals surface area (Å²) >= 11 is 0. The number of benzene rings is 1. The van der Waals surface area contributed by atoms with Gasteiger partial charge in [-0.3, -0.25) is 4.79 Å². The molecule has 1 amide bonds. The number of hydrogen-bond acceptors (Lipinski definition) is 3. The molecule has 1 atom stereocenters. The molecule has 2 rings (SSSR count). The Labute approximate surface area is 121 Å². The lowest BCUT2D eigenvalue weighted by atomic mass is 10.1. The number of rotatable bonds is 6. The summed E-state index contributed by atoms with van der Waals surface area (Å²) in [6.07, 6.45) is 1.99. The second-order valence-electron chi connectivity index (χ2n) is 5.21. The number of hydrogen-bond donors (Lipinski definition) is 2. The minimum atomic E-state index is -0.0359. The zero-order chi connectivity index (χ0) is 14.4. The molecule has 0 spiro atoms. The van der Waals surface area contributed by atoms with Gasteiger partial charge in [-0.1, -0.05) is 12.1 Å². The first-order valence-electron chi connectivity index (χ1n) is 7.59. The SMILES string of the molecule is CCN(CC)c1ccc(CNC2CCCNC2=O)cc1. The minimum Gasteiger partial charge on any atom is -0.372 e. The van der Waals surface area contributed by atoms with E-state index in [1.807, 2.05) is 0 Å². The monoisotopic (exact) mass is 275 g/mol. The highest BCUT2D eigenvalue weighted by atomic mass is 16.2. The van der Waals surface area contributed by atoms with Gasteiger partial charge >= 0.3 is 0 Å². The fourth-order valence-electron chi connectivity index (χ4n) is 2.62. The normalized spacial score (nSPS) is 18.7. The molecule has 0 radical (unpaired) electrons. The van der Waals surface area contributed by atoms with Gasteiger partial charge in [0.15, 0.2) is 0 Å². The van der Waals surface area contributed by atoms with E-state index in [2.05, 4.69) is 53.6 Å². The van der Waals surface area contributed by atoms with Crippen LogP contribution in [0.15, 0.2) is 24.3 Å². The Morgan fingerprint density at radius 2 is 1.95 bits per heavy atom. The highest BCUT2D eigenvalue weighted by Crippen LogP contribution is 2.15. The maximum absolute atomic E-state index is 11.7. The minimum absolute atomic E-state index is 0.0359. The van der Waals surface area contributed by atoms with E-state index in [4.69, 9.17) is 0 Å². The van der Waals surface area contributed by atoms with Crippen molar-refractivity contribution in [1.29, 1.82) is 0 Å². The van der Waals surface area contributed by atoms with Crippen molar-refractivity contribution in [3.8, 4) is 0 Å². The molecule has 0 saturated carbocycles. The van der Waals surface area contributed by atoms with Crippen LogP contribution < -0.4 is 15.5 Å². The Balaban J connectivity index is 1.88. The molecular weight excluding hydrogens is 250 g/mol. The topological polar surface area (TPSA) is 44.4 Å². The number of anilines is 1. The first-order chi connectivity index (χ1) is 9.74. The third-order valence-electron chi connectivity index (χ3n) is 3.90. The first kappa shape index (κ1) is 14.9. The number of piperidine rings is 1. The third kappa shape index (κ3) is 3.73. The van der Waals surface area contributed by atoms with E-state index in [0.29, 0.717) is 0 Å². The van der Waals surface area contributed by atoms with E-state index in [-0.39, 0.29) is 11.9 Å². The maximum atomic E-state index is 11.7. The lowest BCUT2D eigenvalue weighted by Crippen LogP contribution is -2.47. The summed E-state index contributed by atoms with van der Waals surface area (Å²) in [5, 5.41) is 6.24. The van der Waals surface area contributed by atoms with Crippen molar-refractivity contribution in [2.24, 2.45) is 0 Å². The highest BCUT2D eigenvalue weighted by molar-refractivity contribution is 5.82. The summed E-state index contributed by atoms with van der Waals surface area (Å²) in [5.41, 5.74) is 2.48. The molecule has 4 heteroatoms. The summed E-state index contributed by atoms with van der Waals surface area (Å²) in [5.74, 6) is 0.135. The van der Waals surface area contributed by atoms with E-state index < -0.39 is 0 Å². The van der Waals surface area contributed by atoms with Gasteiger partial charge in [0.05, 0.1) is 6.04 Å². The van der Waals surface area contributed by atoms with Crippen LogP contribution in [0.5, 0.6) is 0 Å². The summed E-state index contributed by atoms with van der Waals surface area (Å²) in [4.78, 5) is 14.0. The van der Waals surface area contributed by atoms with Crippen LogP contribution in [-0.2, 0) is 11.3 Å². The van der Waals surface area contributed by atoms with Crippen LogP contribution in [0.1, 0.15) is 32.3 Å². The quantitative estimate of drug-likeness (QED) is 0.833. The van der Waals surface area contributed by atoms with E-state index in [1.54, 1.807) is 0 Å². The smallest absolute Gasteiger partial charge is 0.237 e. The van der Waals surface area contributed by atoms with Crippen molar-refractivity contribution in [3.05, 3.63) is 29.8 Å². The molecule has 1 aromatic rings. The van der Waals surface area contributed by atoms with Crippen molar-refractivity contribution >= 4 is 11.6 Å². The Morgan fingerprint density at radius 3 is 2.55 bits per heavy atom. The average Bonchev–Trinajstić information content (AvgIpc) is 2.49. The van der Waals surface area contributed by atoms with Crippen LogP contribution in [0, 0.1) is 0 Å². The van der Waals surface area contributed by atoms with E-state index in [0.717, 1.165) is 39.0 Å². The van der Waals surface area contributed by atoms with Crippen molar-refractivity contribution in [2.75, 3.05) is 24.5 Å². The molecule has 1 aliphatic rings.